The molecule has 0 radical (unpaired) electrons. The molecule has 0 amide bonds. The Hall–Kier alpha value is -2.86. The van der Waals surface area contributed by atoms with Crippen LogP contribution in [0.15, 0.2) is 48.7 Å². The van der Waals surface area contributed by atoms with Crippen LogP contribution in [0.4, 0.5) is 17.5 Å². The first kappa shape index (κ1) is 17.0. The van der Waals surface area contributed by atoms with E-state index < -0.39 is 0 Å². The van der Waals surface area contributed by atoms with Crippen LogP contribution in [0.1, 0.15) is 11.1 Å². The van der Waals surface area contributed by atoms with Gasteiger partial charge in [0.15, 0.2) is 5.82 Å². The second-order valence-electron chi connectivity index (χ2n) is 5.47. The molecule has 0 unspecified atom stereocenters. The summed E-state index contributed by atoms with van der Waals surface area (Å²) in [6.45, 7) is 2.68. The molecular formula is C18H18ClN5O. The Morgan fingerprint density at radius 2 is 1.92 bits per heavy atom. The van der Waals surface area contributed by atoms with Gasteiger partial charge in [-0.15, -0.1) is 5.10 Å². The predicted octanol–water partition coefficient (Wildman–Crippen LogP) is 4.20. The zero-order valence-corrected chi connectivity index (χ0v) is 14.7. The second kappa shape index (κ2) is 7.81. The van der Waals surface area contributed by atoms with Crippen LogP contribution in [-0.2, 0) is 6.54 Å². The van der Waals surface area contributed by atoms with Crippen LogP contribution in [0.25, 0.3) is 0 Å². The molecule has 2 aromatic carbocycles. The van der Waals surface area contributed by atoms with Gasteiger partial charge < -0.3 is 15.4 Å². The summed E-state index contributed by atoms with van der Waals surface area (Å²) < 4.78 is 5.32. The zero-order chi connectivity index (χ0) is 17.6. The molecule has 3 aromatic rings. The molecule has 0 saturated heterocycles. The molecule has 3 rings (SSSR count). The molecule has 0 atom stereocenters. The number of anilines is 3. The van der Waals surface area contributed by atoms with Crippen LogP contribution >= 0.6 is 11.6 Å². The van der Waals surface area contributed by atoms with Crippen molar-refractivity contribution in [1.82, 2.24) is 15.2 Å². The average molecular weight is 356 g/mol. The number of hydrogen-bond donors (Lipinski definition) is 2. The summed E-state index contributed by atoms with van der Waals surface area (Å²) in [5.74, 6) is 1.64. The van der Waals surface area contributed by atoms with Crippen molar-refractivity contribution < 1.29 is 4.74 Å². The normalized spacial score (nSPS) is 10.4. The molecular weight excluding hydrogens is 338 g/mol. The number of ether oxygens (including phenoxy) is 1. The van der Waals surface area contributed by atoms with Gasteiger partial charge in [-0.2, -0.15) is 10.1 Å². The van der Waals surface area contributed by atoms with Crippen LogP contribution in [0.3, 0.4) is 0 Å². The largest absolute Gasteiger partial charge is 0.495 e. The first-order valence-electron chi connectivity index (χ1n) is 7.74. The van der Waals surface area contributed by atoms with Crippen LogP contribution < -0.4 is 15.4 Å². The Balaban J connectivity index is 1.71. The third-order valence-corrected chi connectivity index (χ3v) is 3.79. The van der Waals surface area contributed by atoms with E-state index in [9.17, 15) is 0 Å². The summed E-state index contributed by atoms with van der Waals surface area (Å²) in [6, 6.07) is 13.6. The molecule has 0 fully saturated rings. The van der Waals surface area contributed by atoms with Gasteiger partial charge in [0.2, 0.25) is 5.95 Å². The van der Waals surface area contributed by atoms with Crippen molar-refractivity contribution in [2.45, 2.75) is 13.5 Å². The quantitative estimate of drug-likeness (QED) is 0.690. The van der Waals surface area contributed by atoms with Crippen molar-refractivity contribution in [3.05, 3.63) is 64.8 Å². The van der Waals surface area contributed by atoms with E-state index in [1.807, 2.05) is 0 Å². The highest BCUT2D eigenvalue weighted by Crippen LogP contribution is 2.29. The smallest absolute Gasteiger partial charge is 0.244 e. The minimum Gasteiger partial charge on any atom is -0.495 e. The molecule has 0 aliphatic rings. The fourth-order valence-corrected chi connectivity index (χ4v) is 2.41. The Kier molecular flexibility index (Phi) is 5.30. The lowest BCUT2D eigenvalue weighted by molar-refractivity contribution is 0.417. The molecule has 0 saturated carbocycles. The van der Waals surface area contributed by atoms with Gasteiger partial charge in [0.05, 0.1) is 19.0 Å². The van der Waals surface area contributed by atoms with E-state index in [-0.39, 0.29) is 0 Å². The van der Waals surface area contributed by atoms with E-state index in [0.29, 0.717) is 34.8 Å². The topological polar surface area (TPSA) is 72.0 Å². The van der Waals surface area contributed by atoms with Crippen molar-refractivity contribution in [1.29, 1.82) is 0 Å². The summed E-state index contributed by atoms with van der Waals surface area (Å²) in [5, 5.41) is 14.9. The van der Waals surface area contributed by atoms with Gasteiger partial charge in [-0.3, -0.25) is 0 Å². The molecule has 0 bridgehead atoms. The third-order valence-electron chi connectivity index (χ3n) is 3.55. The van der Waals surface area contributed by atoms with E-state index in [1.165, 1.54) is 11.8 Å². The Bertz CT molecular complexity index is 854. The van der Waals surface area contributed by atoms with Gasteiger partial charge in [-0.1, -0.05) is 41.4 Å². The Labute approximate surface area is 151 Å². The minimum atomic E-state index is 0.437. The van der Waals surface area contributed by atoms with E-state index in [2.05, 4.69) is 57.0 Å². The summed E-state index contributed by atoms with van der Waals surface area (Å²) >= 11 is 6.04. The van der Waals surface area contributed by atoms with Gasteiger partial charge in [-0.05, 0) is 30.7 Å². The van der Waals surface area contributed by atoms with E-state index in [1.54, 1.807) is 25.3 Å². The van der Waals surface area contributed by atoms with E-state index >= 15 is 0 Å². The van der Waals surface area contributed by atoms with E-state index in [4.69, 9.17) is 16.3 Å². The molecule has 7 heteroatoms. The highest BCUT2D eigenvalue weighted by Gasteiger charge is 2.07. The summed E-state index contributed by atoms with van der Waals surface area (Å²) in [5.41, 5.74) is 3.08. The number of benzene rings is 2. The predicted molar refractivity (Wildman–Crippen MR) is 99.6 cm³/mol. The Morgan fingerprint density at radius 1 is 1.12 bits per heavy atom. The van der Waals surface area contributed by atoms with Gasteiger partial charge in [0.1, 0.15) is 5.75 Å². The molecule has 0 spiro atoms. The highest BCUT2D eigenvalue weighted by atomic mass is 35.5. The second-order valence-corrected chi connectivity index (χ2v) is 5.91. The number of nitrogens with one attached hydrogen (secondary N) is 2. The molecule has 0 aliphatic heterocycles. The summed E-state index contributed by atoms with van der Waals surface area (Å²) in [7, 11) is 1.60. The number of aryl methyl sites for hydroxylation is 1. The first-order valence-corrected chi connectivity index (χ1v) is 8.11. The highest BCUT2D eigenvalue weighted by molar-refractivity contribution is 6.31. The molecule has 1 heterocycles. The zero-order valence-electron chi connectivity index (χ0n) is 14.0. The number of halogens is 1. The number of rotatable bonds is 6. The third kappa shape index (κ3) is 4.58. The van der Waals surface area contributed by atoms with Crippen LogP contribution in [0.5, 0.6) is 5.75 Å². The fourth-order valence-electron chi connectivity index (χ4n) is 2.24. The SMILES string of the molecule is COc1ccc(Cl)cc1Nc1cnnc(NCc2ccc(C)cc2)n1. The van der Waals surface area contributed by atoms with Crippen LogP contribution in [0.2, 0.25) is 5.02 Å². The van der Waals surface area contributed by atoms with Gasteiger partial charge in [0, 0.05) is 11.6 Å². The lowest BCUT2D eigenvalue weighted by Crippen LogP contribution is -2.06. The lowest BCUT2D eigenvalue weighted by Gasteiger charge is -2.11. The maximum Gasteiger partial charge on any atom is 0.244 e. The monoisotopic (exact) mass is 355 g/mol. The number of hydrogen-bond acceptors (Lipinski definition) is 6. The van der Waals surface area contributed by atoms with Crippen molar-refractivity contribution in [2.75, 3.05) is 17.7 Å². The summed E-state index contributed by atoms with van der Waals surface area (Å²) in [4.78, 5) is 4.41. The number of aromatic nitrogens is 3. The molecule has 6 nitrogen and oxygen atoms in total. The van der Waals surface area contributed by atoms with E-state index in [0.717, 1.165) is 5.56 Å². The average Bonchev–Trinajstić information content (AvgIpc) is 2.62. The van der Waals surface area contributed by atoms with Crippen LogP contribution in [0, 0.1) is 6.92 Å². The molecule has 0 aliphatic carbocycles. The van der Waals surface area contributed by atoms with Gasteiger partial charge >= 0.3 is 0 Å². The van der Waals surface area contributed by atoms with Crippen molar-refractivity contribution in [3.8, 4) is 5.75 Å². The molecule has 2 N–H and O–H groups in total. The maximum atomic E-state index is 6.04. The van der Waals surface area contributed by atoms with Crippen molar-refractivity contribution in [2.24, 2.45) is 0 Å². The molecule has 1 aromatic heterocycles. The van der Waals surface area contributed by atoms with Gasteiger partial charge in [0.25, 0.3) is 0 Å². The number of methoxy groups -OCH3 is 1. The molecule has 25 heavy (non-hydrogen) atoms. The maximum absolute atomic E-state index is 6.04. The standard InChI is InChI=1S/C18H18ClN5O/c1-12-3-5-13(6-4-12)10-20-18-23-17(11-21-24-18)22-15-9-14(19)7-8-16(15)25-2/h3-9,11H,10H2,1-2H3,(H2,20,22,23,24). The van der Waals surface area contributed by atoms with Crippen LogP contribution in [-0.4, -0.2) is 22.3 Å². The number of nitrogens with zero attached hydrogens (tertiary/aromatic N) is 3. The van der Waals surface area contributed by atoms with Gasteiger partial charge in [-0.25, -0.2) is 0 Å². The lowest BCUT2D eigenvalue weighted by atomic mass is 10.1. The molecule has 128 valence electrons. The first-order chi connectivity index (χ1) is 12.1. The fraction of sp³-hybridized carbons (Fsp3) is 0.167. The minimum absolute atomic E-state index is 0.437. The summed E-state index contributed by atoms with van der Waals surface area (Å²) in [6.07, 6.45) is 1.54. The van der Waals surface area contributed by atoms with Crippen molar-refractivity contribution in [3.63, 3.8) is 0 Å². The van der Waals surface area contributed by atoms with Crippen molar-refractivity contribution >= 4 is 29.1 Å². The Morgan fingerprint density at radius 3 is 2.68 bits per heavy atom.